The fourth-order valence-corrected chi connectivity index (χ4v) is 2.88. The van der Waals surface area contributed by atoms with E-state index in [-0.39, 0.29) is 24.2 Å². The van der Waals surface area contributed by atoms with Gasteiger partial charge in [-0.25, -0.2) is 0 Å². The molecule has 0 spiro atoms. The second kappa shape index (κ2) is 7.34. The Bertz CT molecular complexity index is 577. The van der Waals surface area contributed by atoms with Crippen molar-refractivity contribution in [3.8, 4) is 0 Å². The molecular weight excluding hydrogens is 323 g/mol. The topological polar surface area (TPSA) is 40.6 Å². The van der Waals surface area contributed by atoms with Gasteiger partial charge in [0.15, 0.2) is 0 Å². The number of amides is 2. The highest BCUT2D eigenvalue weighted by atomic mass is 35.5. The number of anilines is 1. The Morgan fingerprint density at radius 3 is 2.73 bits per heavy atom. The molecule has 0 radical (unpaired) electrons. The maximum atomic E-state index is 12.4. The third-order valence-corrected chi connectivity index (χ3v) is 4.65. The largest absolute Gasteiger partial charge is 0.345 e. The lowest BCUT2D eigenvalue weighted by Crippen LogP contribution is -2.35. The van der Waals surface area contributed by atoms with E-state index in [9.17, 15) is 9.59 Å². The summed E-state index contributed by atoms with van der Waals surface area (Å²) in [5.74, 6) is -0.311. The molecule has 2 amide bonds. The van der Waals surface area contributed by atoms with Crippen LogP contribution in [0.1, 0.15) is 26.2 Å². The van der Waals surface area contributed by atoms with Gasteiger partial charge < -0.3 is 9.80 Å². The summed E-state index contributed by atoms with van der Waals surface area (Å²) in [5.41, 5.74) is 0.686. The van der Waals surface area contributed by atoms with Crippen LogP contribution in [0.15, 0.2) is 18.2 Å². The Morgan fingerprint density at radius 1 is 1.36 bits per heavy atom. The van der Waals surface area contributed by atoms with Gasteiger partial charge in [0, 0.05) is 32.2 Å². The van der Waals surface area contributed by atoms with E-state index in [0.29, 0.717) is 22.3 Å². The number of hydrogen-bond acceptors (Lipinski definition) is 2. The smallest absolute Gasteiger partial charge is 0.227 e. The minimum atomic E-state index is -0.288. The number of hydrogen-bond donors (Lipinski definition) is 0. The van der Waals surface area contributed by atoms with Crippen LogP contribution in [-0.4, -0.2) is 36.9 Å². The molecule has 1 aromatic carbocycles. The summed E-state index contributed by atoms with van der Waals surface area (Å²) in [4.78, 5) is 27.9. The summed E-state index contributed by atoms with van der Waals surface area (Å²) in [5, 5.41) is 0.853. The quantitative estimate of drug-likeness (QED) is 0.820. The number of unbranched alkanes of at least 4 members (excludes halogenated alkanes) is 1. The van der Waals surface area contributed by atoms with Crippen LogP contribution in [0.5, 0.6) is 0 Å². The van der Waals surface area contributed by atoms with E-state index in [2.05, 4.69) is 6.92 Å². The Kier molecular flexibility index (Phi) is 5.70. The number of rotatable bonds is 5. The minimum Gasteiger partial charge on any atom is -0.345 e. The first-order valence-electron chi connectivity index (χ1n) is 7.44. The van der Waals surface area contributed by atoms with Crippen molar-refractivity contribution in [3.63, 3.8) is 0 Å². The second-order valence-electron chi connectivity index (χ2n) is 5.62. The van der Waals surface area contributed by atoms with Crippen LogP contribution in [-0.2, 0) is 9.59 Å². The van der Waals surface area contributed by atoms with E-state index in [4.69, 9.17) is 23.2 Å². The van der Waals surface area contributed by atoms with Gasteiger partial charge in [0.1, 0.15) is 0 Å². The number of carbonyl (C=O) groups is 2. The molecule has 1 atom stereocenters. The molecule has 2 rings (SSSR count). The van der Waals surface area contributed by atoms with Crippen molar-refractivity contribution in [2.24, 2.45) is 5.92 Å². The van der Waals surface area contributed by atoms with Gasteiger partial charge >= 0.3 is 0 Å². The minimum absolute atomic E-state index is 0.0318. The summed E-state index contributed by atoms with van der Waals surface area (Å²) in [7, 11) is 1.80. The molecule has 1 aromatic rings. The van der Waals surface area contributed by atoms with Gasteiger partial charge in [-0.05, 0) is 24.6 Å². The van der Waals surface area contributed by atoms with Gasteiger partial charge in [-0.3, -0.25) is 9.59 Å². The van der Waals surface area contributed by atoms with Crippen molar-refractivity contribution in [1.82, 2.24) is 4.90 Å². The van der Waals surface area contributed by atoms with Crippen LogP contribution < -0.4 is 4.90 Å². The average Bonchev–Trinajstić information content (AvgIpc) is 2.88. The standard InChI is InChI=1S/C16H20Cl2N2O2/c1-3-4-7-19(2)16(22)11-8-15(21)20(10-11)12-5-6-13(17)14(18)9-12/h5-6,9,11H,3-4,7-8,10H2,1-2H3. The number of benzene rings is 1. The summed E-state index contributed by atoms with van der Waals surface area (Å²) >= 11 is 11.9. The first-order valence-corrected chi connectivity index (χ1v) is 8.20. The Balaban J connectivity index is 2.07. The van der Waals surface area contributed by atoms with Crippen LogP contribution in [0.2, 0.25) is 10.0 Å². The zero-order valence-electron chi connectivity index (χ0n) is 12.8. The molecule has 6 heteroatoms. The number of halogens is 2. The van der Waals surface area contributed by atoms with E-state index in [1.807, 2.05) is 0 Å². The Hall–Kier alpha value is -1.26. The van der Waals surface area contributed by atoms with Crippen LogP contribution in [0.4, 0.5) is 5.69 Å². The summed E-state index contributed by atoms with van der Waals surface area (Å²) in [6.45, 7) is 3.21. The van der Waals surface area contributed by atoms with Gasteiger partial charge in [-0.15, -0.1) is 0 Å². The normalized spacial score (nSPS) is 17.9. The molecule has 4 nitrogen and oxygen atoms in total. The van der Waals surface area contributed by atoms with E-state index in [0.717, 1.165) is 19.4 Å². The second-order valence-corrected chi connectivity index (χ2v) is 6.43. The van der Waals surface area contributed by atoms with Crippen LogP contribution in [0, 0.1) is 5.92 Å². The van der Waals surface area contributed by atoms with Crippen LogP contribution in [0.3, 0.4) is 0 Å². The molecule has 1 saturated heterocycles. The van der Waals surface area contributed by atoms with E-state index in [1.165, 1.54) is 0 Å². The Morgan fingerprint density at radius 2 is 2.09 bits per heavy atom. The predicted octanol–water partition coefficient (Wildman–Crippen LogP) is 3.60. The summed E-state index contributed by atoms with van der Waals surface area (Å²) in [6, 6.07) is 5.07. The molecule has 1 heterocycles. The summed E-state index contributed by atoms with van der Waals surface area (Å²) in [6.07, 6.45) is 2.26. The van der Waals surface area contributed by atoms with Crippen molar-refractivity contribution < 1.29 is 9.59 Å². The molecule has 0 aromatic heterocycles. The molecule has 22 heavy (non-hydrogen) atoms. The lowest BCUT2D eigenvalue weighted by atomic mass is 10.1. The first-order chi connectivity index (χ1) is 10.4. The third kappa shape index (κ3) is 3.73. The first kappa shape index (κ1) is 17.1. The van der Waals surface area contributed by atoms with Gasteiger partial charge in [0.05, 0.1) is 16.0 Å². The Labute approximate surface area is 141 Å². The highest BCUT2D eigenvalue weighted by molar-refractivity contribution is 6.42. The fraction of sp³-hybridized carbons (Fsp3) is 0.500. The van der Waals surface area contributed by atoms with Gasteiger partial charge in [-0.2, -0.15) is 0 Å². The van der Waals surface area contributed by atoms with Gasteiger partial charge in [-0.1, -0.05) is 36.5 Å². The molecule has 0 N–H and O–H groups in total. The highest BCUT2D eigenvalue weighted by Crippen LogP contribution is 2.31. The fourth-order valence-electron chi connectivity index (χ4n) is 2.59. The number of nitrogens with zero attached hydrogens (tertiary/aromatic N) is 2. The molecule has 0 saturated carbocycles. The van der Waals surface area contributed by atoms with E-state index < -0.39 is 0 Å². The van der Waals surface area contributed by atoms with Crippen molar-refractivity contribution >= 4 is 40.7 Å². The zero-order chi connectivity index (χ0) is 16.3. The SMILES string of the molecule is CCCCN(C)C(=O)C1CC(=O)N(c2ccc(Cl)c(Cl)c2)C1. The zero-order valence-corrected chi connectivity index (χ0v) is 14.3. The molecular formula is C16H20Cl2N2O2. The lowest BCUT2D eigenvalue weighted by molar-refractivity contribution is -0.134. The molecule has 0 aliphatic carbocycles. The molecule has 0 bridgehead atoms. The maximum Gasteiger partial charge on any atom is 0.227 e. The summed E-state index contributed by atoms with van der Waals surface area (Å²) < 4.78 is 0. The molecule has 1 fully saturated rings. The van der Waals surface area contributed by atoms with Gasteiger partial charge in [0.2, 0.25) is 11.8 Å². The lowest BCUT2D eigenvalue weighted by Gasteiger charge is -2.21. The van der Waals surface area contributed by atoms with Gasteiger partial charge in [0.25, 0.3) is 0 Å². The molecule has 120 valence electrons. The number of carbonyl (C=O) groups excluding carboxylic acids is 2. The van der Waals surface area contributed by atoms with E-state index >= 15 is 0 Å². The molecule has 1 unspecified atom stereocenters. The van der Waals surface area contributed by atoms with Crippen molar-refractivity contribution in [1.29, 1.82) is 0 Å². The third-order valence-electron chi connectivity index (χ3n) is 3.91. The maximum absolute atomic E-state index is 12.4. The monoisotopic (exact) mass is 342 g/mol. The van der Waals surface area contributed by atoms with Crippen molar-refractivity contribution in [3.05, 3.63) is 28.2 Å². The average molecular weight is 343 g/mol. The highest BCUT2D eigenvalue weighted by Gasteiger charge is 2.36. The van der Waals surface area contributed by atoms with Crippen molar-refractivity contribution in [2.45, 2.75) is 26.2 Å². The van der Waals surface area contributed by atoms with Crippen molar-refractivity contribution in [2.75, 3.05) is 25.0 Å². The van der Waals surface area contributed by atoms with Crippen LogP contribution in [0.25, 0.3) is 0 Å². The predicted molar refractivity (Wildman–Crippen MR) is 89.5 cm³/mol. The molecule has 1 aliphatic heterocycles. The van der Waals surface area contributed by atoms with Crippen LogP contribution >= 0.6 is 23.2 Å². The molecule has 1 aliphatic rings. The van der Waals surface area contributed by atoms with E-state index in [1.54, 1.807) is 35.0 Å².